The van der Waals surface area contributed by atoms with Gasteiger partial charge < -0.3 is 10.5 Å². The van der Waals surface area contributed by atoms with Gasteiger partial charge in [0.2, 0.25) is 0 Å². The molecule has 2 N–H and O–H groups in total. The van der Waals surface area contributed by atoms with Crippen molar-refractivity contribution >= 4 is 5.97 Å². The Morgan fingerprint density at radius 1 is 1.38 bits per heavy atom. The van der Waals surface area contributed by atoms with Crippen LogP contribution in [0.15, 0.2) is 0 Å². The predicted octanol–water partition coefficient (Wildman–Crippen LogP) is 2.48. The molecule has 0 aliphatic heterocycles. The Balaban J connectivity index is 2.24. The van der Waals surface area contributed by atoms with E-state index in [4.69, 9.17) is 10.5 Å². The molecule has 0 heterocycles. The maximum absolute atomic E-state index is 11.7. The highest BCUT2D eigenvalue weighted by molar-refractivity contribution is 5.69. The van der Waals surface area contributed by atoms with Gasteiger partial charge in [-0.05, 0) is 50.5 Å². The molecule has 1 aliphatic rings. The lowest BCUT2D eigenvalue weighted by atomic mass is 9.94. The largest absolute Gasteiger partial charge is 0.462 e. The Morgan fingerprint density at radius 2 is 2.00 bits per heavy atom. The second-order valence-electron chi connectivity index (χ2n) is 5.33. The molecule has 0 amide bonds. The van der Waals surface area contributed by atoms with Gasteiger partial charge in [0.1, 0.15) is 6.10 Å². The van der Waals surface area contributed by atoms with Crippen LogP contribution in [0.3, 0.4) is 0 Å². The van der Waals surface area contributed by atoms with Crippen molar-refractivity contribution in [3.8, 4) is 0 Å². The normalized spacial score (nSPS) is 19.0. The second-order valence-corrected chi connectivity index (χ2v) is 5.33. The van der Waals surface area contributed by atoms with Crippen LogP contribution < -0.4 is 5.73 Å². The highest BCUT2D eigenvalue weighted by Gasteiger charge is 2.21. The van der Waals surface area contributed by atoms with E-state index in [1.807, 2.05) is 0 Å². The molecule has 0 saturated heterocycles. The molecule has 1 fully saturated rings. The topological polar surface area (TPSA) is 52.3 Å². The number of carbonyl (C=O) groups excluding carboxylic acids is 1. The average molecular weight is 227 g/mol. The molecule has 0 aromatic heterocycles. The molecule has 94 valence electrons. The first-order valence-electron chi connectivity index (χ1n) is 6.51. The van der Waals surface area contributed by atoms with Crippen molar-refractivity contribution in [1.82, 2.24) is 0 Å². The summed E-state index contributed by atoms with van der Waals surface area (Å²) in [5, 5.41) is 0. The van der Waals surface area contributed by atoms with Crippen LogP contribution in [0.2, 0.25) is 0 Å². The third kappa shape index (κ3) is 4.97. The minimum atomic E-state index is -0.0528. The van der Waals surface area contributed by atoms with E-state index in [1.165, 1.54) is 12.8 Å². The zero-order chi connectivity index (χ0) is 12.0. The van der Waals surface area contributed by atoms with E-state index >= 15 is 0 Å². The summed E-state index contributed by atoms with van der Waals surface area (Å²) >= 11 is 0. The molecule has 0 unspecified atom stereocenters. The lowest BCUT2D eigenvalue weighted by Crippen LogP contribution is -2.23. The van der Waals surface area contributed by atoms with Crippen molar-refractivity contribution in [2.75, 3.05) is 6.54 Å². The van der Waals surface area contributed by atoms with Crippen LogP contribution in [0.5, 0.6) is 0 Å². The minimum Gasteiger partial charge on any atom is -0.462 e. The molecule has 1 saturated carbocycles. The smallest absolute Gasteiger partial charge is 0.306 e. The Bertz CT molecular complexity index is 210. The molecule has 0 bridgehead atoms. The second kappa shape index (κ2) is 6.89. The number of hydrogen-bond acceptors (Lipinski definition) is 3. The Kier molecular flexibility index (Phi) is 5.81. The summed E-state index contributed by atoms with van der Waals surface area (Å²) in [6, 6.07) is 0. The summed E-state index contributed by atoms with van der Waals surface area (Å²) in [4.78, 5) is 11.7. The third-order valence-corrected chi connectivity index (χ3v) is 3.19. The van der Waals surface area contributed by atoms with E-state index in [0.29, 0.717) is 18.9 Å². The van der Waals surface area contributed by atoms with Gasteiger partial charge in [-0.25, -0.2) is 0 Å². The molecular formula is C13H25NO2. The van der Waals surface area contributed by atoms with Crippen LogP contribution >= 0.6 is 0 Å². The Hall–Kier alpha value is -0.570. The van der Waals surface area contributed by atoms with Gasteiger partial charge in [0.15, 0.2) is 0 Å². The number of hydrogen-bond donors (Lipinski definition) is 1. The van der Waals surface area contributed by atoms with Gasteiger partial charge >= 0.3 is 5.97 Å². The molecule has 16 heavy (non-hydrogen) atoms. The Morgan fingerprint density at radius 3 is 2.50 bits per heavy atom. The molecule has 3 nitrogen and oxygen atoms in total. The van der Waals surface area contributed by atoms with Gasteiger partial charge in [0.25, 0.3) is 0 Å². The fraction of sp³-hybridized carbons (Fsp3) is 0.923. The zero-order valence-electron chi connectivity index (χ0n) is 10.6. The monoisotopic (exact) mass is 227 g/mol. The fourth-order valence-electron chi connectivity index (χ4n) is 2.41. The van der Waals surface area contributed by atoms with Crippen molar-refractivity contribution in [2.24, 2.45) is 17.6 Å². The van der Waals surface area contributed by atoms with Crippen LogP contribution in [0.1, 0.15) is 52.4 Å². The molecule has 0 radical (unpaired) electrons. The van der Waals surface area contributed by atoms with Crippen molar-refractivity contribution in [3.05, 3.63) is 0 Å². The van der Waals surface area contributed by atoms with Gasteiger partial charge in [-0.15, -0.1) is 0 Å². The maximum atomic E-state index is 11.7. The van der Waals surface area contributed by atoms with E-state index < -0.39 is 0 Å². The number of rotatable bonds is 6. The summed E-state index contributed by atoms with van der Waals surface area (Å²) in [6.45, 7) is 4.90. The summed E-state index contributed by atoms with van der Waals surface area (Å²) in [5.74, 6) is 0.824. The van der Waals surface area contributed by atoms with E-state index in [0.717, 1.165) is 19.3 Å². The number of esters is 1. The standard InChI is InChI=1S/C13H25NO2/c1-10(2)7-11(9-14)8-13(15)16-12-5-3-4-6-12/h10-12H,3-9,14H2,1-2H3/t11-/m1/s1. The van der Waals surface area contributed by atoms with Gasteiger partial charge in [-0.3, -0.25) is 4.79 Å². The molecule has 0 aromatic rings. The van der Waals surface area contributed by atoms with Crippen LogP contribution in [0, 0.1) is 11.8 Å². The number of nitrogens with two attached hydrogens (primary N) is 1. The minimum absolute atomic E-state index is 0.0528. The lowest BCUT2D eigenvalue weighted by molar-refractivity contribution is -0.149. The van der Waals surface area contributed by atoms with Crippen LogP contribution in [0.4, 0.5) is 0 Å². The van der Waals surface area contributed by atoms with Gasteiger partial charge in [-0.1, -0.05) is 13.8 Å². The molecular weight excluding hydrogens is 202 g/mol. The highest BCUT2D eigenvalue weighted by atomic mass is 16.5. The quantitative estimate of drug-likeness (QED) is 0.709. The predicted molar refractivity (Wildman–Crippen MR) is 65.0 cm³/mol. The average Bonchev–Trinajstić information content (AvgIpc) is 2.68. The van der Waals surface area contributed by atoms with Crippen molar-refractivity contribution < 1.29 is 9.53 Å². The van der Waals surface area contributed by atoms with E-state index in [2.05, 4.69) is 13.8 Å². The first kappa shape index (κ1) is 13.5. The summed E-state index contributed by atoms with van der Waals surface area (Å²) < 4.78 is 5.43. The summed E-state index contributed by atoms with van der Waals surface area (Å²) in [6.07, 6.45) is 6.17. The molecule has 3 heteroatoms. The molecule has 0 aromatic carbocycles. The summed E-state index contributed by atoms with van der Waals surface area (Å²) in [5.41, 5.74) is 5.67. The maximum Gasteiger partial charge on any atom is 0.306 e. The molecule has 1 rings (SSSR count). The van der Waals surface area contributed by atoms with Crippen molar-refractivity contribution in [1.29, 1.82) is 0 Å². The van der Waals surface area contributed by atoms with E-state index in [1.54, 1.807) is 0 Å². The van der Waals surface area contributed by atoms with E-state index in [-0.39, 0.29) is 18.0 Å². The van der Waals surface area contributed by atoms with Gasteiger partial charge in [0.05, 0.1) is 0 Å². The SMILES string of the molecule is CC(C)C[C@@H](CN)CC(=O)OC1CCCC1. The van der Waals surface area contributed by atoms with Crippen LogP contribution in [-0.4, -0.2) is 18.6 Å². The van der Waals surface area contributed by atoms with Gasteiger partial charge in [-0.2, -0.15) is 0 Å². The zero-order valence-corrected chi connectivity index (χ0v) is 10.6. The van der Waals surface area contributed by atoms with Gasteiger partial charge in [0, 0.05) is 6.42 Å². The van der Waals surface area contributed by atoms with Crippen molar-refractivity contribution in [2.45, 2.75) is 58.5 Å². The third-order valence-electron chi connectivity index (χ3n) is 3.19. The van der Waals surface area contributed by atoms with E-state index in [9.17, 15) is 4.79 Å². The molecule has 1 aliphatic carbocycles. The lowest BCUT2D eigenvalue weighted by Gasteiger charge is -2.18. The molecule has 0 spiro atoms. The number of carbonyl (C=O) groups is 1. The van der Waals surface area contributed by atoms with Crippen LogP contribution in [0.25, 0.3) is 0 Å². The highest BCUT2D eigenvalue weighted by Crippen LogP contribution is 2.22. The first-order valence-corrected chi connectivity index (χ1v) is 6.51. The Labute approximate surface area is 98.7 Å². The van der Waals surface area contributed by atoms with Crippen molar-refractivity contribution in [3.63, 3.8) is 0 Å². The first-order chi connectivity index (χ1) is 7.61. The fourth-order valence-corrected chi connectivity index (χ4v) is 2.41. The number of ether oxygens (including phenoxy) is 1. The molecule has 1 atom stereocenters. The summed E-state index contributed by atoms with van der Waals surface area (Å²) in [7, 11) is 0. The van der Waals surface area contributed by atoms with Crippen LogP contribution in [-0.2, 0) is 9.53 Å².